The van der Waals surface area contributed by atoms with Crippen molar-refractivity contribution in [3.05, 3.63) is 11.6 Å². The van der Waals surface area contributed by atoms with E-state index >= 15 is 0 Å². The van der Waals surface area contributed by atoms with Crippen molar-refractivity contribution < 1.29 is 19.0 Å². The van der Waals surface area contributed by atoms with Gasteiger partial charge < -0.3 is 14.2 Å². The third kappa shape index (κ3) is 4.35. The second kappa shape index (κ2) is 7.51. The minimum Gasteiger partial charge on any atom is -0.463 e. The second-order valence-electron chi connectivity index (χ2n) is 3.47. The predicted octanol–water partition coefficient (Wildman–Crippen LogP) is 2.40. The monoisotopic (exact) mass is 370 g/mol. The lowest BCUT2D eigenvalue weighted by Crippen LogP contribution is -2.29. The Kier molecular flexibility index (Phi) is 6.69. The summed E-state index contributed by atoms with van der Waals surface area (Å²) in [4.78, 5) is 11.7. The van der Waals surface area contributed by atoms with Gasteiger partial charge in [-0.3, -0.25) is 0 Å². The first-order valence-electron chi connectivity index (χ1n) is 5.46. The molecule has 1 saturated heterocycles. The highest BCUT2D eigenvalue weighted by molar-refractivity contribution is 9.09. The molecular weight excluding hydrogens is 356 g/mol. The zero-order valence-corrected chi connectivity index (χ0v) is 12.9. The van der Waals surface area contributed by atoms with Crippen LogP contribution in [0.15, 0.2) is 11.6 Å². The van der Waals surface area contributed by atoms with E-state index in [4.69, 9.17) is 14.2 Å². The largest absolute Gasteiger partial charge is 0.463 e. The summed E-state index contributed by atoms with van der Waals surface area (Å²) in [6.07, 6.45) is 2.37. The van der Waals surface area contributed by atoms with Crippen LogP contribution in [0.5, 0.6) is 0 Å². The molecule has 0 aliphatic carbocycles. The van der Waals surface area contributed by atoms with Gasteiger partial charge in [-0.05, 0) is 13.0 Å². The smallest absolute Gasteiger partial charge is 0.334 e. The van der Waals surface area contributed by atoms with Crippen LogP contribution in [-0.2, 0) is 19.0 Å². The maximum absolute atomic E-state index is 11.7. The Morgan fingerprint density at radius 2 is 2.06 bits per heavy atom. The van der Waals surface area contributed by atoms with Gasteiger partial charge in [0.15, 0.2) is 5.79 Å². The van der Waals surface area contributed by atoms with E-state index in [1.165, 1.54) is 0 Å². The molecular formula is C11H16Br2O4. The summed E-state index contributed by atoms with van der Waals surface area (Å²) >= 11 is 6.63. The van der Waals surface area contributed by atoms with Crippen molar-refractivity contribution >= 4 is 37.8 Å². The number of rotatable bonds is 6. The molecule has 17 heavy (non-hydrogen) atoms. The lowest BCUT2D eigenvalue weighted by molar-refractivity contribution is -0.140. The van der Waals surface area contributed by atoms with Crippen LogP contribution in [0.25, 0.3) is 0 Å². The highest BCUT2D eigenvalue weighted by Gasteiger charge is 2.35. The first-order chi connectivity index (χ1) is 8.17. The van der Waals surface area contributed by atoms with Gasteiger partial charge in [0, 0.05) is 22.7 Å². The minimum absolute atomic E-state index is 0.336. The van der Waals surface area contributed by atoms with Gasteiger partial charge in [0.05, 0.1) is 19.8 Å². The Hall–Kier alpha value is 0.0900. The van der Waals surface area contributed by atoms with E-state index in [1.807, 2.05) is 0 Å². The number of hydrogen-bond acceptors (Lipinski definition) is 4. The Morgan fingerprint density at radius 1 is 1.41 bits per heavy atom. The number of carbonyl (C=O) groups excluding carboxylic acids is 1. The quantitative estimate of drug-likeness (QED) is 0.408. The fourth-order valence-electron chi connectivity index (χ4n) is 1.54. The van der Waals surface area contributed by atoms with E-state index in [2.05, 4.69) is 31.9 Å². The van der Waals surface area contributed by atoms with E-state index in [0.29, 0.717) is 37.1 Å². The summed E-state index contributed by atoms with van der Waals surface area (Å²) < 4.78 is 16.1. The average molecular weight is 372 g/mol. The molecule has 0 aromatic carbocycles. The maximum atomic E-state index is 11.7. The summed E-state index contributed by atoms with van der Waals surface area (Å²) in [5.74, 6) is -1.13. The van der Waals surface area contributed by atoms with E-state index in [1.54, 1.807) is 13.0 Å². The third-order valence-electron chi connectivity index (χ3n) is 2.29. The van der Waals surface area contributed by atoms with Crippen LogP contribution in [0, 0.1) is 0 Å². The molecule has 0 amide bonds. The number of ether oxygens (including phenoxy) is 3. The molecule has 0 radical (unpaired) electrons. The minimum atomic E-state index is -0.792. The van der Waals surface area contributed by atoms with Crippen LogP contribution in [0.4, 0.5) is 0 Å². The molecule has 0 atom stereocenters. The van der Waals surface area contributed by atoms with Gasteiger partial charge in [-0.25, -0.2) is 4.79 Å². The highest BCUT2D eigenvalue weighted by Crippen LogP contribution is 2.28. The fraction of sp³-hybridized carbons (Fsp3) is 0.727. The van der Waals surface area contributed by atoms with Crippen LogP contribution >= 0.6 is 31.9 Å². The van der Waals surface area contributed by atoms with Crippen molar-refractivity contribution in [2.24, 2.45) is 0 Å². The molecule has 0 unspecified atom stereocenters. The van der Waals surface area contributed by atoms with Gasteiger partial charge in [-0.1, -0.05) is 31.9 Å². The molecule has 1 heterocycles. The Labute approximate surface area is 118 Å². The van der Waals surface area contributed by atoms with E-state index in [-0.39, 0.29) is 5.97 Å². The van der Waals surface area contributed by atoms with Gasteiger partial charge in [0.25, 0.3) is 0 Å². The lowest BCUT2D eigenvalue weighted by atomic mass is 10.1. The predicted molar refractivity (Wildman–Crippen MR) is 71.6 cm³/mol. The standard InChI is InChI=1S/C11H16Br2O4/c1-2-15-10(14)9(8-13)7-11(3-4-12)16-5-6-17-11/h7H,2-6,8H2,1H3. The molecule has 0 saturated carbocycles. The van der Waals surface area contributed by atoms with Gasteiger partial charge in [0.1, 0.15) is 0 Å². The molecule has 4 nitrogen and oxygen atoms in total. The number of esters is 1. The molecule has 1 aliphatic heterocycles. The molecule has 1 aliphatic rings. The topological polar surface area (TPSA) is 44.8 Å². The summed E-state index contributed by atoms with van der Waals surface area (Å²) in [6.45, 7) is 3.22. The highest BCUT2D eigenvalue weighted by atomic mass is 79.9. The normalized spacial score (nSPS) is 19.4. The van der Waals surface area contributed by atoms with Gasteiger partial charge in [-0.15, -0.1) is 0 Å². The molecule has 1 rings (SSSR count). The van der Waals surface area contributed by atoms with E-state index in [9.17, 15) is 4.79 Å². The molecule has 0 aromatic rings. The zero-order valence-electron chi connectivity index (χ0n) is 9.71. The number of carbonyl (C=O) groups is 1. The van der Waals surface area contributed by atoms with Gasteiger partial charge in [-0.2, -0.15) is 0 Å². The van der Waals surface area contributed by atoms with Crippen LogP contribution in [0.3, 0.4) is 0 Å². The first-order valence-corrected chi connectivity index (χ1v) is 7.70. The van der Waals surface area contributed by atoms with Gasteiger partial charge >= 0.3 is 5.97 Å². The zero-order chi connectivity index (χ0) is 12.7. The van der Waals surface area contributed by atoms with Crippen LogP contribution < -0.4 is 0 Å². The van der Waals surface area contributed by atoms with Crippen LogP contribution in [-0.4, -0.2) is 42.2 Å². The van der Waals surface area contributed by atoms with Crippen LogP contribution in [0.2, 0.25) is 0 Å². The summed E-state index contributed by atoms with van der Waals surface area (Å²) in [5.41, 5.74) is 0.523. The van der Waals surface area contributed by atoms with Crippen molar-refractivity contribution in [1.82, 2.24) is 0 Å². The summed E-state index contributed by atoms with van der Waals surface area (Å²) in [7, 11) is 0. The van der Waals surface area contributed by atoms with E-state index in [0.717, 1.165) is 5.33 Å². The van der Waals surface area contributed by atoms with Crippen LogP contribution in [0.1, 0.15) is 13.3 Å². The second-order valence-corrected chi connectivity index (χ2v) is 4.83. The van der Waals surface area contributed by atoms with Crippen molar-refractivity contribution in [3.63, 3.8) is 0 Å². The number of alkyl halides is 2. The average Bonchev–Trinajstić information content (AvgIpc) is 2.75. The van der Waals surface area contributed by atoms with Gasteiger partial charge in [0.2, 0.25) is 0 Å². The Bertz CT molecular complexity index is 285. The first kappa shape index (κ1) is 15.1. The molecule has 0 N–H and O–H groups in total. The lowest BCUT2D eigenvalue weighted by Gasteiger charge is -2.23. The molecule has 1 fully saturated rings. The van der Waals surface area contributed by atoms with E-state index < -0.39 is 5.79 Å². The van der Waals surface area contributed by atoms with Crippen molar-refractivity contribution in [3.8, 4) is 0 Å². The van der Waals surface area contributed by atoms with Crippen molar-refractivity contribution in [2.75, 3.05) is 30.5 Å². The fourth-order valence-corrected chi connectivity index (χ4v) is 2.49. The molecule has 0 aromatic heterocycles. The van der Waals surface area contributed by atoms with Crippen molar-refractivity contribution in [1.29, 1.82) is 0 Å². The Morgan fingerprint density at radius 3 is 2.53 bits per heavy atom. The summed E-state index contributed by atoms with van der Waals surface area (Å²) in [5, 5.41) is 1.16. The molecule has 0 spiro atoms. The molecule has 6 heteroatoms. The SMILES string of the molecule is CCOC(=O)C(=CC1(CCBr)OCCO1)CBr. The molecule has 98 valence electrons. The Balaban J connectivity index is 2.82. The van der Waals surface area contributed by atoms with Crippen molar-refractivity contribution in [2.45, 2.75) is 19.1 Å². The maximum Gasteiger partial charge on any atom is 0.334 e. The molecule has 0 bridgehead atoms. The number of hydrogen-bond donors (Lipinski definition) is 0. The number of halogens is 2. The third-order valence-corrected chi connectivity index (χ3v) is 3.30. The summed E-state index contributed by atoms with van der Waals surface area (Å²) in [6, 6.07) is 0.